The van der Waals surface area contributed by atoms with E-state index >= 15 is 0 Å². The van der Waals surface area contributed by atoms with Crippen LogP contribution in [0.2, 0.25) is 0 Å². The van der Waals surface area contributed by atoms with Gasteiger partial charge in [0, 0.05) is 23.7 Å². The molecule has 2 aromatic carbocycles. The molecule has 0 radical (unpaired) electrons. The fraction of sp³-hybridized carbons (Fsp3) is 0.0714. The van der Waals surface area contributed by atoms with Crippen LogP contribution in [-0.2, 0) is 0 Å². The van der Waals surface area contributed by atoms with Gasteiger partial charge in [-0.25, -0.2) is 0 Å². The van der Waals surface area contributed by atoms with Crippen LogP contribution in [0.1, 0.15) is 0 Å². The lowest BCUT2D eigenvalue weighted by Crippen LogP contribution is -1.86. The number of hydrogen-bond donors (Lipinski definition) is 2. The van der Waals surface area contributed by atoms with Crippen molar-refractivity contribution in [3.05, 3.63) is 48.5 Å². The Hall–Kier alpha value is -2.00. The summed E-state index contributed by atoms with van der Waals surface area (Å²) in [6.45, 7) is 0. The lowest BCUT2D eigenvalue weighted by atomic mass is 10.1. The number of aromatic amines is 1. The maximum Gasteiger partial charge on any atom is 0.0999 e. The van der Waals surface area contributed by atoms with E-state index < -0.39 is 0 Å². The van der Waals surface area contributed by atoms with Gasteiger partial charge in [0.25, 0.3) is 0 Å². The van der Waals surface area contributed by atoms with Gasteiger partial charge in [0.1, 0.15) is 0 Å². The van der Waals surface area contributed by atoms with Crippen LogP contribution in [0.4, 0.5) is 5.69 Å². The molecule has 0 unspecified atom stereocenters. The van der Waals surface area contributed by atoms with Crippen LogP contribution in [0.15, 0.2) is 48.5 Å². The molecule has 18 heavy (non-hydrogen) atoms. The fourth-order valence-corrected chi connectivity index (χ4v) is 1.99. The van der Waals surface area contributed by atoms with Crippen molar-refractivity contribution in [2.45, 2.75) is 0 Å². The Morgan fingerprint density at radius 2 is 1.83 bits per heavy atom. The average Bonchev–Trinajstić information content (AvgIpc) is 2.82. The molecule has 2 N–H and O–H groups in total. The molecular formula is C14H14ClN3. The highest BCUT2D eigenvalue weighted by atomic mass is 35.5. The molecule has 0 amide bonds. The van der Waals surface area contributed by atoms with E-state index in [1.807, 2.05) is 25.2 Å². The Morgan fingerprint density at radius 1 is 1.06 bits per heavy atom. The van der Waals surface area contributed by atoms with Crippen molar-refractivity contribution < 1.29 is 0 Å². The zero-order valence-corrected chi connectivity index (χ0v) is 10.8. The second kappa shape index (κ2) is 5.10. The minimum absolute atomic E-state index is 0. The van der Waals surface area contributed by atoms with Crippen LogP contribution in [0.5, 0.6) is 0 Å². The van der Waals surface area contributed by atoms with Gasteiger partial charge in [0.15, 0.2) is 0 Å². The summed E-state index contributed by atoms with van der Waals surface area (Å²) in [6, 6.07) is 16.4. The molecule has 0 aliphatic rings. The topological polar surface area (TPSA) is 40.7 Å². The second-order valence-corrected chi connectivity index (χ2v) is 3.95. The number of halogens is 1. The van der Waals surface area contributed by atoms with Crippen molar-refractivity contribution in [3.8, 4) is 11.3 Å². The molecule has 0 aliphatic carbocycles. The third kappa shape index (κ3) is 2.05. The van der Waals surface area contributed by atoms with Gasteiger partial charge in [-0.15, -0.1) is 12.4 Å². The normalized spacial score (nSPS) is 10.1. The van der Waals surface area contributed by atoms with E-state index in [-0.39, 0.29) is 12.4 Å². The summed E-state index contributed by atoms with van der Waals surface area (Å²) in [7, 11) is 1.91. The van der Waals surface area contributed by atoms with Gasteiger partial charge in [-0.1, -0.05) is 30.3 Å². The van der Waals surface area contributed by atoms with E-state index in [0.29, 0.717) is 0 Å². The Bertz CT molecular complexity index is 646. The number of H-pyrrole nitrogens is 1. The highest BCUT2D eigenvalue weighted by Gasteiger charge is 2.07. The number of rotatable bonds is 2. The standard InChI is InChI=1S/C14H13N3.ClH/c1-15-11-7-8-12-13(9-11)16-17-14(12)10-5-3-2-4-6-10;/h2-9,15H,1H3,(H,16,17);1H. The molecule has 0 atom stereocenters. The molecule has 0 bridgehead atoms. The average molecular weight is 260 g/mol. The molecule has 0 fully saturated rings. The number of nitrogens with zero attached hydrogens (tertiary/aromatic N) is 1. The van der Waals surface area contributed by atoms with Gasteiger partial charge in [-0.2, -0.15) is 5.10 Å². The highest BCUT2D eigenvalue weighted by Crippen LogP contribution is 2.27. The van der Waals surface area contributed by atoms with Crippen molar-refractivity contribution in [2.24, 2.45) is 0 Å². The monoisotopic (exact) mass is 259 g/mol. The third-order valence-electron chi connectivity index (χ3n) is 2.90. The Kier molecular flexibility index (Phi) is 3.53. The minimum atomic E-state index is 0. The summed E-state index contributed by atoms with van der Waals surface area (Å²) >= 11 is 0. The molecule has 3 rings (SSSR count). The summed E-state index contributed by atoms with van der Waals surface area (Å²) in [5.74, 6) is 0. The SMILES string of the molecule is CNc1ccc2c(-c3ccccc3)n[nH]c2c1.Cl. The molecule has 3 aromatic rings. The lowest BCUT2D eigenvalue weighted by molar-refractivity contribution is 1.12. The van der Waals surface area contributed by atoms with Crippen molar-refractivity contribution in [1.29, 1.82) is 0 Å². The summed E-state index contributed by atoms with van der Waals surface area (Å²) in [5, 5.41) is 11.7. The predicted octanol–water partition coefficient (Wildman–Crippen LogP) is 3.69. The van der Waals surface area contributed by atoms with E-state index in [1.54, 1.807) is 0 Å². The molecule has 4 heteroatoms. The minimum Gasteiger partial charge on any atom is -0.388 e. The maximum absolute atomic E-state index is 4.39. The molecule has 1 aromatic heterocycles. The fourth-order valence-electron chi connectivity index (χ4n) is 1.99. The molecule has 92 valence electrons. The quantitative estimate of drug-likeness (QED) is 0.737. The highest BCUT2D eigenvalue weighted by molar-refractivity contribution is 5.94. The maximum atomic E-state index is 4.39. The lowest BCUT2D eigenvalue weighted by Gasteiger charge is -2.00. The third-order valence-corrected chi connectivity index (χ3v) is 2.90. The zero-order valence-electron chi connectivity index (χ0n) is 9.97. The van der Waals surface area contributed by atoms with Crippen LogP contribution in [0.25, 0.3) is 22.2 Å². The van der Waals surface area contributed by atoms with Crippen molar-refractivity contribution in [3.63, 3.8) is 0 Å². The number of nitrogens with one attached hydrogen (secondary N) is 2. The van der Waals surface area contributed by atoms with E-state index in [4.69, 9.17) is 0 Å². The predicted molar refractivity (Wildman–Crippen MR) is 78.3 cm³/mol. The first kappa shape index (κ1) is 12.5. The van der Waals surface area contributed by atoms with Gasteiger partial charge in [0.2, 0.25) is 0 Å². The molecular weight excluding hydrogens is 246 g/mol. The second-order valence-electron chi connectivity index (χ2n) is 3.95. The van der Waals surface area contributed by atoms with E-state index in [1.165, 1.54) is 0 Å². The summed E-state index contributed by atoms with van der Waals surface area (Å²) in [4.78, 5) is 0. The first-order valence-corrected chi connectivity index (χ1v) is 5.60. The molecule has 0 spiro atoms. The number of benzene rings is 2. The van der Waals surface area contributed by atoms with E-state index in [2.05, 4.69) is 45.8 Å². The largest absolute Gasteiger partial charge is 0.388 e. The van der Waals surface area contributed by atoms with E-state index in [9.17, 15) is 0 Å². The molecule has 3 nitrogen and oxygen atoms in total. The summed E-state index contributed by atoms with van der Waals surface area (Å²) in [5.41, 5.74) is 4.27. The Labute approximate surface area is 112 Å². The molecule has 0 saturated carbocycles. The van der Waals surface area contributed by atoms with Crippen molar-refractivity contribution >= 4 is 29.0 Å². The van der Waals surface area contributed by atoms with Crippen LogP contribution in [0, 0.1) is 0 Å². The van der Waals surface area contributed by atoms with Crippen LogP contribution in [-0.4, -0.2) is 17.2 Å². The zero-order chi connectivity index (χ0) is 11.7. The smallest absolute Gasteiger partial charge is 0.0999 e. The van der Waals surface area contributed by atoms with Crippen molar-refractivity contribution in [2.75, 3.05) is 12.4 Å². The number of anilines is 1. The molecule has 0 aliphatic heterocycles. The van der Waals surface area contributed by atoms with Crippen molar-refractivity contribution in [1.82, 2.24) is 10.2 Å². The van der Waals surface area contributed by atoms with Gasteiger partial charge >= 0.3 is 0 Å². The molecule has 0 saturated heterocycles. The van der Waals surface area contributed by atoms with Crippen LogP contribution >= 0.6 is 12.4 Å². The number of hydrogen-bond acceptors (Lipinski definition) is 2. The van der Waals surface area contributed by atoms with Crippen LogP contribution < -0.4 is 5.32 Å². The van der Waals surface area contributed by atoms with Gasteiger partial charge in [-0.05, 0) is 18.2 Å². The summed E-state index contributed by atoms with van der Waals surface area (Å²) in [6.07, 6.45) is 0. The molecule has 1 heterocycles. The number of aromatic nitrogens is 2. The number of fused-ring (bicyclic) bond motifs is 1. The Balaban J connectivity index is 0.00000120. The first-order valence-electron chi connectivity index (χ1n) is 5.60. The Morgan fingerprint density at radius 3 is 2.56 bits per heavy atom. The van der Waals surface area contributed by atoms with Gasteiger partial charge < -0.3 is 5.32 Å². The van der Waals surface area contributed by atoms with Gasteiger partial charge in [-0.3, -0.25) is 5.10 Å². The van der Waals surface area contributed by atoms with Crippen LogP contribution in [0.3, 0.4) is 0 Å². The summed E-state index contributed by atoms with van der Waals surface area (Å²) < 4.78 is 0. The first-order chi connectivity index (χ1) is 8.38. The van der Waals surface area contributed by atoms with E-state index in [0.717, 1.165) is 27.8 Å². The van der Waals surface area contributed by atoms with Gasteiger partial charge in [0.05, 0.1) is 11.2 Å².